The lowest BCUT2D eigenvalue weighted by molar-refractivity contribution is 0.0892. The van der Waals surface area contributed by atoms with Crippen LogP contribution in [0.3, 0.4) is 0 Å². The summed E-state index contributed by atoms with van der Waals surface area (Å²) in [7, 11) is 0.478. The molecule has 0 saturated heterocycles. The molecule has 210 valence electrons. The minimum atomic E-state index is -1.26. The number of aliphatic hydroxyl groups is 1. The Bertz CT molecular complexity index is 1670. The fourth-order valence-corrected chi connectivity index (χ4v) is 5.06. The number of nitrogens with zero attached hydrogens (tertiary/aromatic N) is 6. The van der Waals surface area contributed by atoms with E-state index >= 15 is 0 Å². The molecule has 4 heterocycles. The molecule has 0 aliphatic heterocycles. The molecule has 0 radical (unpaired) electrons. The van der Waals surface area contributed by atoms with E-state index in [1.165, 1.54) is 18.4 Å². The molecule has 0 aliphatic rings. The van der Waals surface area contributed by atoms with Crippen molar-refractivity contribution in [2.24, 2.45) is 7.05 Å². The van der Waals surface area contributed by atoms with Crippen LogP contribution in [-0.2, 0) is 31.5 Å². The number of nitrogens with one attached hydrogen (secondary N) is 1. The van der Waals surface area contributed by atoms with E-state index in [-0.39, 0.29) is 31.6 Å². The normalized spacial score (nSPS) is 12.1. The van der Waals surface area contributed by atoms with Crippen molar-refractivity contribution >= 4 is 36.0 Å². The molecule has 0 saturated carbocycles. The first-order chi connectivity index (χ1) is 19.1. The average molecular weight is 566 g/mol. The molecule has 0 atom stereocenters. The Balaban J connectivity index is 1.45. The van der Waals surface area contributed by atoms with Crippen molar-refractivity contribution in [3.63, 3.8) is 0 Å². The molecule has 2 N–H and O–H groups in total. The summed E-state index contributed by atoms with van der Waals surface area (Å²) in [5.41, 5.74) is 3.32. The highest BCUT2D eigenvalue weighted by atomic mass is 28.3. The Kier molecular flexibility index (Phi) is 7.78. The molecule has 11 nitrogen and oxygen atoms in total. The van der Waals surface area contributed by atoms with Crippen LogP contribution < -0.4 is 5.32 Å². The maximum absolute atomic E-state index is 13.9. The highest BCUT2D eigenvalue weighted by Gasteiger charge is 2.21. The number of benzene rings is 1. The third kappa shape index (κ3) is 5.95. The summed E-state index contributed by atoms with van der Waals surface area (Å²) in [5.74, 6) is -0.270. The minimum Gasteiger partial charge on any atom is -0.449 e. The molecule has 0 unspecified atom stereocenters. The first-order valence-electron chi connectivity index (χ1n) is 13.0. The summed E-state index contributed by atoms with van der Waals surface area (Å²) in [5, 5.41) is 17.3. The third-order valence-corrected chi connectivity index (χ3v) is 8.18. The minimum absolute atomic E-state index is 0.211. The van der Waals surface area contributed by atoms with Gasteiger partial charge < -0.3 is 24.1 Å². The Hall–Kier alpha value is -3.94. The molecule has 40 heavy (non-hydrogen) atoms. The second-order valence-electron chi connectivity index (χ2n) is 10.8. The lowest BCUT2D eigenvalue weighted by atomic mass is 10.1. The van der Waals surface area contributed by atoms with Crippen LogP contribution in [-0.4, -0.2) is 61.5 Å². The molecule has 4 aromatic heterocycles. The number of oxazole rings is 1. The van der Waals surface area contributed by atoms with Gasteiger partial charge in [-0.1, -0.05) is 19.6 Å². The number of carbonyl (C=O) groups excluding carboxylic acids is 1. The summed E-state index contributed by atoms with van der Waals surface area (Å²) in [4.78, 5) is 26.9. The number of aromatic nitrogens is 6. The molecule has 13 heteroatoms. The molecular weight excluding hydrogens is 533 g/mol. The zero-order valence-electron chi connectivity index (χ0n) is 22.9. The number of hydrogen-bond acceptors (Lipinski definition) is 8. The van der Waals surface area contributed by atoms with Crippen LogP contribution in [0.5, 0.6) is 0 Å². The SMILES string of the molecule is Cn1nc(-c2cnc3c(n2)c(C(=O)NCCc2nc(CO)co2)cn3COCC[Si](C)(C)C)c2ccc(F)cc21. The molecular formula is C27H32FN7O4Si. The van der Waals surface area contributed by atoms with Crippen LogP contribution in [0.4, 0.5) is 4.39 Å². The van der Waals surface area contributed by atoms with Crippen LogP contribution in [0.1, 0.15) is 21.9 Å². The molecule has 0 spiro atoms. The van der Waals surface area contributed by atoms with E-state index in [1.54, 1.807) is 34.8 Å². The van der Waals surface area contributed by atoms with Gasteiger partial charge in [0, 0.05) is 46.3 Å². The predicted molar refractivity (Wildman–Crippen MR) is 150 cm³/mol. The van der Waals surface area contributed by atoms with E-state index in [0.717, 1.165) is 11.4 Å². The first kappa shape index (κ1) is 27.6. The monoisotopic (exact) mass is 565 g/mol. The van der Waals surface area contributed by atoms with E-state index in [0.29, 0.717) is 58.2 Å². The van der Waals surface area contributed by atoms with Crippen molar-refractivity contribution in [1.82, 2.24) is 34.6 Å². The van der Waals surface area contributed by atoms with Crippen LogP contribution in [0.2, 0.25) is 25.7 Å². The van der Waals surface area contributed by atoms with Gasteiger partial charge in [0.1, 0.15) is 41.4 Å². The van der Waals surface area contributed by atoms with Gasteiger partial charge >= 0.3 is 0 Å². The number of fused-ring (bicyclic) bond motifs is 2. The number of ether oxygens (including phenoxy) is 1. The lowest BCUT2D eigenvalue weighted by Crippen LogP contribution is -2.25. The van der Waals surface area contributed by atoms with Crippen LogP contribution in [0.15, 0.2) is 41.3 Å². The molecule has 0 bridgehead atoms. The fraction of sp³-hybridized carbons (Fsp3) is 0.370. The molecule has 1 aromatic carbocycles. The second-order valence-corrected chi connectivity index (χ2v) is 16.4. The van der Waals surface area contributed by atoms with Crippen molar-refractivity contribution in [2.45, 2.75) is 45.4 Å². The van der Waals surface area contributed by atoms with Gasteiger partial charge in [-0.15, -0.1) is 0 Å². The van der Waals surface area contributed by atoms with Crippen LogP contribution in [0.25, 0.3) is 33.5 Å². The number of halogens is 1. The lowest BCUT2D eigenvalue weighted by Gasteiger charge is -2.15. The van der Waals surface area contributed by atoms with E-state index in [9.17, 15) is 14.3 Å². The third-order valence-electron chi connectivity index (χ3n) is 6.48. The molecule has 1 amide bonds. The summed E-state index contributed by atoms with van der Waals surface area (Å²) in [6.07, 6.45) is 5.05. The number of rotatable bonds is 11. The van der Waals surface area contributed by atoms with E-state index in [2.05, 4.69) is 40.0 Å². The van der Waals surface area contributed by atoms with Crippen molar-refractivity contribution < 1.29 is 23.4 Å². The fourth-order valence-electron chi connectivity index (χ4n) is 4.31. The summed E-state index contributed by atoms with van der Waals surface area (Å²) < 4.78 is 28.5. The van der Waals surface area contributed by atoms with Gasteiger partial charge in [0.15, 0.2) is 11.5 Å². The zero-order valence-corrected chi connectivity index (χ0v) is 23.9. The van der Waals surface area contributed by atoms with Gasteiger partial charge in [-0.2, -0.15) is 5.10 Å². The quantitative estimate of drug-likeness (QED) is 0.182. The number of aryl methyl sites for hydroxylation is 1. The van der Waals surface area contributed by atoms with Gasteiger partial charge in [-0.05, 0) is 24.2 Å². The van der Waals surface area contributed by atoms with E-state index in [4.69, 9.17) is 14.1 Å². The highest BCUT2D eigenvalue weighted by Crippen LogP contribution is 2.29. The smallest absolute Gasteiger partial charge is 0.255 e. The maximum atomic E-state index is 13.9. The number of hydrogen-bond donors (Lipinski definition) is 2. The number of carbonyl (C=O) groups is 1. The Morgan fingerprint density at radius 3 is 2.83 bits per heavy atom. The van der Waals surface area contributed by atoms with E-state index < -0.39 is 8.07 Å². The topological polar surface area (TPSA) is 133 Å². The molecule has 0 aliphatic carbocycles. The summed E-state index contributed by atoms with van der Waals surface area (Å²) in [6, 6.07) is 5.47. The predicted octanol–water partition coefficient (Wildman–Crippen LogP) is 3.89. The number of aliphatic hydroxyl groups excluding tert-OH is 1. The van der Waals surface area contributed by atoms with Crippen molar-refractivity contribution in [1.29, 1.82) is 0 Å². The zero-order chi connectivity index (χ0) is 28.4. The van der Waals surface area contributed by atoms with Crippen molar-refractivity contribution in [3.05, 3.63) is 59.8 Å². The van der Waals surface area contributed by atoms with Gasteiger partial charge in [0.2, 0.25) is 0 Å². The van der Waals surface area contributed by atoms with Gasteiger partial charge in [0.05, 0.1) is 23.9 Å². The standard InChI is InChI=1S/C27H32FN7O4Si/c1-34-22-11-17(28)5-6-19(22)24(33-34)21-12-30-26-25(32-21)20(13-35(26)16-38-9-10-40(2,3)4)27(37)29-8-7-23-31-18(14-36)15-39-23/h5-6,11-13,15,36H,7-10,14,16H2,1-4H3,(H,29,37). The van der Waals surface area contributed by atoms with Crippen molar-refractivity contribution in [3.8, 4) is 11.4 Å². The van der Waals surface area contributed by atoms with Gasteiger partial charge in [0.25, 0.3) is 5.91 Å². The van der Waals surface area contributed by atoms with E-state index in [1.807, 2.05) is 0 Å². The highest BCUT2D eigenvalue weighted by molar-refractivity contribution is 6.76. The average Bonchev–Trinajstić information content (AvgIpc) is 3.61. The summed E-state index contributed by atoms with van der Waals surface area (Å²) >= 11 is 0. The largest absolute Gasteiger partial charge is 0.449 e. The summed E-state index contributed by atoms with van der Waals surface area (Å²) in [6.45, 7) is 7.77. The second kappa shape index (κ2) is 11.3. The Labute approximate surface area is 231 Å². The maximum Gasteiger partial charge on any atom is 0.255 e. The first-order valence-corrected chi connectivity index (χ1v) is 16.7. The Morgan fingerprint density at radius 2 is 2.08 bits per heavy atom. The van der Waals surface area contributed by atoms with Gasteiger partial charge in [-0.25, -0.2) is 19.3 Å². The molecule has 5 rings (SSSR count). The van der Waals surface area contributed by atoms with Crippen LogP contribution in [0, 0.1) is 5.82 Å². The van der Waals surface area contributed by atoms with Crippen molar-refractivity contribution in [2.75, 3.05) is 13.2 Å². The number of amides is 1. The Morgan fingerprint density at radius 1 is 1.25 bits per heavy atom. The van der Waals surface area contributed by atoms with Crippen LogP contribution >= 0.6 is 0 Å². The van der Waals surface area contributed by atoms with Gasteiger partial charge in [-0.3, -0.25) is 9.48 Å². The molecule has 5 aromatic rings. The molecule has 0 fully saturated rings.